The third-order valence-corrected chi connectivity index (χ3v) is 3.86. The molecular formula is C20H20N2O2. The third-order valence-electron chi connectivity index (χ3n) is 3.86. The van der Waals surface area contributed by atoms with E-state index in [1.54, 1.807) is 16.7 Å². The predicted octanol–water partition coefficient (Wildman–Crippen LogP) is 3.19. The van der Waals surface area contributed by atoms with Crippen LogP contribution in [0.1, 0.15) is 29.9 Å². The number of nitrogens with one attached hydrogen (secondary N) is 1. The van der Waals surface area contributed by atoms with E-state index in [1.165, 1.54) is 0 Å². The van der Waals surface area contributed by atoms with Gasteiger partial charge in [0.1, 0.15) is 5.69 Å². The summed E-state index contributed by atoms with van der Waals surface area (Å²) >= 11 is 0. The maximum atomic E-state index is 12.9. The normalized spacial score (nSPS) is 11.0. The molecule has 0 spiro atoms. The van der Waals surface area contributed by atoms with E-state index in [1.807, 2.05) is 62.4 Å². The predicted molar refractivity (Wildman–Crippen MR) is 96.4 cm³/mol. The Balaban J connectivity index is 2.18. The van der Waals surface area contributed by atoms with E-state index in [-0.39, 0.29) is 17.5 Å². The van der Waals surface area contributed by atoms with Crippen LogP contribution in [0.15, 0.2) is 65.5 Å². The molecule has 0 unspecified atom stereocenters. The van der Waals surface area contributed by atoms with Gasteiger partial charge in [-0.25, -0.2) is 0 Å². The second kappa shape index (κ2) is 6.71. The Bertz CT molecular complexity index is 927. The maximum Gasteiger partial charge on any atom is 0.268 e. The summed E-state index contributed by atoms with van der Waals surface area (Å²) in [6.07, 6.45) is 0. The molecule has 0 radical (unpaired) electrons. The van der Waals surface area contributed by atoms with Crippen LogP contribution in [0.3, 0.4) is 0 Å². The molecule has 3 aromatic rings. The lowest BCUT2D eigenvalue weighted by Gasteiger charge is -2.16. The Kier molecular flexibility index (Phi) is 4.47. The van der Waals surface area contributed by atoms with E-state index in [0.29, 0.717) is 17.6 Å². The monoisotopic (exact) mass is 320 g/mol. The van der Waals surface area contributed by atoms with Crippen LogP contribution in [0, 0.1) is 0 Å². The van der Waals surface area contributed by atoms with Crippen LogP contribution in [0.25, 0.3) is 10.8 Å². The zero-order chi connectivity index (χ0) is 17.1. The molecule has 2 aromatic carbocycles. The van der Waals surface area contributed by atoms with E-state index in [0.717, 1.165) is 10.9 Å². The van der Waals surface area contributed by atoms with Crippen molar-refractivity contribution in [1.82, 2.24) is 9.88 Å². The zero-order valence-corrected chi connectivity index (χ0v) is 13.8. The van der Waals surface area contributed by atoms with Gasteiger partial charge in [0.2, 0.25) is 0 Å². The number of hydrogen-bond acceptors (Lipinski definition) is 2. The number of aromatic nitrogens is 1. The van der Waals surface area contributed by atoms with Gasteiger partial charge in [0, 0.05) is 11.4 Å². The summed E-state index contributed by atoms with van der Waals surface area (Å²) in [6.45, 7) is 4.17. The molecular weight excluding hydrogens is 300 g/mol. The minimum Gasteiger partial charge on any atom is -0.349 e. The molecule has 0 bridgehead atoms. The molecule has 24 heavy (non-hydrogen) atoms. The van der Waals surface area contributed by atoms with Crippen molar-refractivity contribution in [3.63, 3.8) is 0 Å². The summed E-state index contributed by atoms with van der Waals surface area (Å²) in [6, 6.07) is 18.8. The number of hydrogen-bond donors (Lipinski definition) is 1. The molecule has 0 saturated heterocycles. The Labute approximate surface area is 140 Å². The molecule has 4 nitrogen and oxygen atoms in total. The number of nitrogens with zero attached hydrogens (tertiary/aromatic N) is 1. The van der Waals surface area contributed by atoms with Crippen molar-refractivity contribution < 1.29 is 4.79 Å². The van der Waals surface area contributed by atoms with Crippen molar-refractivity contribution >= 4 is 16.7 Å². The van der Waals surface area contributed by atoms with Gasteiger partial charge < -0.3 is 5.32 Å². The average molecular weight is 320 g/mol. The van der Waals surface area contributed by atoms with Gasteiger partial charge in [-0.05, 0) is 36.9 Å². The second-order valence-corrected chi connectivity index (χ2v) is 6.12. The van der Waals surface area contributed by atoms with Crippen LogP contribution in [0.4, 0.5) is 0 Å². The number of pyridine rings is 1. The molecule has 0 aliphatic carbocycles. The molecule has 1 heterocycles. The minimum absolute atomic E-state index is 0.00393. The Hall–Kier alpha value is -2.88. The highest BCUT2D eigenvalue weighted by atomic mass is 16.2. The molecule has 1 N–H and O–H groups in total. The Morgan fingerprint density at radius 3 is 2.42 bits per heavy atom. The van der Waals surface area contributed by atoms with Crippen molar-refractivity contribution in [1.29, 1.82) is 0 Å². The van der Waals surface area contributed by atoms with Gasteiger partial charge in [0.25, 0.3) is 11.5 Å². The second-order valence-electron chi connectivity index (χ2n) is 6.12. The lowest BCUT2D eigenvalue weighted by molar-refractivity contribution is 0.0933. The van der Waals surface area contributed by atoms with E-state index in [9.17, 15) is 9.59 Å². The van der Waals surface area contributed by atoms with Gasteiger partial charge in [-0.15, -0.1) is 0 Å². The lowest BCUT2D eigenvalue weighted by atomic mass is 10.1. The van der Waals surface area contributed by atoms with Crippen LogP contribution in [0.2, 0.25) is 0 Å². The summed E-state index contributed by atoms with van der Waals surface area (Å²) in [4.78, 5) is 25.5. The summed E-state index contributed by atoms with van der Waals surface area (Å²) < 4.78 is 1.55. The molecule has 1 aromatic heterocycles. The van der Waals surface area contributed by atoms with Crippen molar-refractivity contribution in [2.24, 2.45) is 0 Å². The SMILES string of the molecule is CC(C)NC(=O)c1cc2ccccc2c(=O)n1Cc1ccccc1. The molecule has 122 valence electrons. The average Bonchev–Trinajstić information content (AvgIpc) is 2.57. The molecule has 3 rings (SSSR count). The third kappa shape index (κ3) is 3.23. The number of fused-ring (bicyclic) bond motifs is 1. The number of benzene rings is 2. The topological polar surface area (TPSA) is 51.1 Å². The van der Waals surface area contributed by atoms with Gasteiger partial charge in [0.15, 0.2) is 0 Å². The smallest absolute Gasteiger partial charge is 0.268 e. The molecule has 0 saturated carbocycles. The van der Waals surface area contributed by atoms with Gasteiger partial charge in [0.05, 0.1) is 6.54 Å². The van der Waals surface area contributed by atoms with E-state index in [4.69, 9.17) is 0 Å². The summed E-state index contributed by atoms with van der Waals surface area (Å²) in [5.74, 6) is -0.233. The van der Waals surface area contributed by atoms with E-state index in [2.05, 4.69) is 5.32 Å². The highest BCUT2D eigenvalue weighted by Crippen LogP contribution is 2.14. The first-order valence-corrected chi connectivity index (χ1v) is 8.03. The van der Waals surface area contributed by atoms with Crippen molar-refractivity contribution in [3.8, 4) is 0 Å². The molecule has 0 aliphatic heterocycles. The van der Waals surface area contributed by atoms with Crippen LogP contribution >= 0.6 is 0 Å². The van der Waals surface area contributed by atoms with Crippen LogP contribution in [-0.2, 0) is 6.54 Å². The van der Waals surface area contributed by atoms with Crippen molar-refractivity contribution in [3.05, 3.63) is 82.3 Å². The van der Waals surface area contributed by atoms with Gasteiger partial charge >= 0.3 is 0 Å². The van der Waals surface area contributed by atoms with Crippen LogP contribution in [0.5, 0.6) is 0 Å². The van der Waals surface area contributed by atoms with E-state index >= 15 is 0 Å². The Morgan fingerprint density at radius 2 is 1.71 bits per heavy atom. The largest absolute Gasteiger partial charge is 0.349 e. The summed E-state index contributed by atoms with van der Waals surface area (Å²) in [5.41, 5.74) is 1.22. The van der Waals surface area contributed by atoms with Gasteiger partial charge in [-0.2, -0.15) is 0 Å². The number of rotatable bonds is 4. The van der Waals surface area contributed by atoms with Crippen molar-refractivity contribution in [2.75, 3.05) is 0 Å². The molecule has 0 aliphatic rings. The zero-order valence-electron chi connectivity index (χ0n) is 13.8. The highest BCUT2D eigenvalue weighted by Gasteiger charge is 2.16. The van der Waals surface area contributed by atoms with Crippen molar-refractivity contribution in [2.45, 2.75) is 26.4 Å². The number of carbonyl (C=O) groups excluding carboxylic acids is 1. The van der Waals surface area contributed by atoms with Gasteiger partial charge in [-0.3, -0.25) is 14.2 Å². The minimum atomic E-state index is -0.233. The van der Waals surface area contributed by atoms with Crippen LogP contribution < -0.4 is 10.9 Å². The fourth-order valence-corrected chi connectivity index (χ4v) is 2.74. The lowest BCUT2D eigenvalue weighted by Crippen LogP contribution is -2.36. The Morgan fingerprint density at radius 1 is 1.04 bits per heavy atom. The fourth-order valence-electron chi connectivity index (χ4n) is 2.74. The van der Waals surface area contributed by atoms with E-state index < -0.39 is 0 Å². The quantitative estimate of drug-likeness (QED) is 0.802. The maximum absolute atomic E-state index is 12.9. The first kappa shape index (κ1) is 16.0. The molecule has 0 fully saturated rings. The molecule has 4 heteroatoms. The molecule has 0 atom stereocenters. The summed E-state index contributed by atoms with van der Waals surface area (Å²) in [7, 11) is 0. The first-order chi connectivity index (χ1) is 11.6. The summed E-state index contributed by atoms with van der Waals surface area (Å²) in [5, 5.41) is 4.28. The highest BCUT2D eigenvalue weighted by molar-refractivity contribution is 5.96. The molecule has 1 amide bonds. The number of carbonyl (C=O) groups is 1. The van der Waals surface area contributed by atoms with Gasteiger partial charge in [-0.1, -0.05) is 48.5 Å². The fraction of sp³-hybridized carbons (Fsp3) is 0.200. The number of amides is 1. The van der Waals surface area contributed by atoms with Crippen LogP contribution in [-0.4, -0.2) is 16.5 Å². The standard InChI is InChI=1S/C20H20N2O2/c1-14(2)21-19(23)18-12-16-10-6-7-11-17(16)20(24)22(18)13-15-8-4-3-5-9-15/h3-12,14H,13H2,1-2H3,(H,21,23). The first-order valence-electron chi connectivity index (χ1n) is 8.03.